The third-order valence-electron chi connectivity index (χ3n) is 7.54. The minimum atomic E-state index is -0.805. The van der Waals surface area contributed by atoms with E-state index in [0.717, 1.165) is 18.4 Å². The van der Waals surface area contributed by atoms with E-state index in [2.05, 4.69) is 10.2 Å². The Morgan fingerprint density at radius 3 is 2.57 bits per heavy atom. The Labute approximate surface area is 249 Å². The van der Waals surface area contributed by atoms with Crippen LogP contribution < -0.4 is 5.32 Å². The number of hydrogen-bond acceptors (Lipinski definition) is 8. The fourth-order valence-electron chi connectivity index (χ4n) is 5.27. The number of rotatable bonds is 20. The van der Waals surface area contributed by atoms with Gasteiger partial charge in [-0.3, -0.25) is 9.59 Å². The highest BCUT2D eigenvalue weighted by molar-refractivity contribution is 5.75. The van der Waals surface area contributed by atoms with Crippen LogP contribution in [-0.4, -0.2) is 58.1 Å². The molecule has 0 bridgehead atoms. The van der Waals surface area contributed by atoms with Crippen molar-refractivity contribution in [2.24, 2.45) is 11.8 Å². The number of aliphatic hydroxyl groups excluding tert-OH is 2. The molecule has 1 saturated carbocycles. The zero-order valence-electron chi connectivity index (χ0n) is 24.9. The van der Waals surface area contributed by atoms with Crippen molar-refractivity contribution in [1.82, 2.24) is 5.32 Å². The number of aryl methyl sites for hydroxylation is 1. The predicted octanol–water partition coefficient (Wildman–Crippen LogP) is 4.86. The van der Waals surface area contributed by atoms with Gasteiger partial charge in [0.25, 0.3) is 5.09 Å². The summed E-state index contributed by atoms with van der Waals surface area (Å²) in [5.74, 6) is -0.741. The summed E-state index contributed by atoms with van der Waals surface area (Å²) < 4.78 is 5.81. The maximum Gasteiger partial charge on any atom is 0.306 e. The standard InChI is InChI=1S/C32H48N2O8/c1-3-33-31(37)17-10-5-4-9-16-27-28(30(36)23-29(27)35)22-21-26(20-19-25-14-7-6-8-15-25)41-32(38)18-12-11-13-24(2)42-34(39)40/h4,6-9,14-15,21-22,24,26-30,35-36H,3,5,10-13,16-20,23H2,1-2H3,(H,33,37)/b9-4-,22-21+/t24-,26-,27+,28+,29-,30+/m0/s1. The van der Waals surface area contributed by atoms with Crippen molar-refractivity contribution in [2.45, 2.75) is 109 Å². The molecule has 234 valence electrons. The smallest absolute Gasteiger partial charge is 0.306 e. The van der Waals surface area contributed by atoms with Gasteiger partial charge in [-0.05, 0) is 76.4 Å². The van der Waals surface area contributed by atoms with Crippen LogP contribution in [0.5, 0.6) is 0 Å². The number of carbonyl (C=O) groups is 2. The summed E-state index contributed by atoms with van der Waals surface area (Å²) in [6, 6.07) is 9.91. The first-order chi connectivity index (χ1) is 20.2. The second-order valence-corrected chi connectivity index (χ2v) is 11.0. The van der Waals surface area contributed by atoms with Crippen LogP contribution in [0.15, 0.2) is 54.6 Å². The van der Waals surface area contributed by atoms with Crippen LogP contribution in [0, 0.1) is 22.0 Å². The van der Waals surface area contributed by atoms with Crippen molar-refractivity contribution in [3.63, 3.8) is 0 Å². The first-order valence-electron chi connectivity index (χ1n) is 15.2. The average molecular weight is 589 g/mol. The lowest BCUT2D eigenvalue weighted by atomic mass is 9.89. The Hall–Kier alpha value is -3.24. The molecule has 10 nitrogen and oxygen atoms in total. The molecule has 1 amide bonds. The van der Waals surface area contributed by atoms with Gasteiger partial charge in [0.05, 0.1) is 12.2 Å². The van der Waals surface area contributed by atoms with E-state index in [0.29, 0.717) is 51.5 Å². The van der Waals surface area contributed by atoms with Crippen molar-refractivity contribution in [3.8, 4) is 0 Å². The van der Waals surface area contributed by atoms with E-state index in [1.807, 2.05) is 61.6 Å². The molecule has 1 fully saturated rings. The van der Waals surface area contributed by atoms with Gasteiger partial charge in [0.15, 0.2) is 0 Å². The van der Waals surface area contributed by atoms with Crippen LogP contribution in [-0.2, 0) is 25.6 Å². The second kappa shape index (κ2) is 19.8. The van der Waals surface area contributed by atoms with E-state index in [9.17, 15) is 29.9 Å². The molecule has 3 N–H and O–H groups in total. The van der Waals surface area contributed by atoms with Crippen molar-refractivity contribution in [3.05, 3.63) is 70.3 Å². The van der Waals surface area contributed by atoms with Crippen LogP contribution in [0.1, 0.15) is 83.6 Å². The predicted molar refractivity (Wildman–Crippen MR) is 160 cm³/mol. The second-order valence-electron chi connectivity index (χ2n) is 11.0. The molecule has 42 heavy (non-hydrogen) atoms. The van der Waals surface area contributed by atoms with Gasteiger partial charge in [-0.15, -0.1) is 10.1 Å². The minimum absolute atomic E-state index is 0.0462. The summed E-state index contributed by atoms with van der Waals surface area (Å²) in [6.45, 7) is 4.14. The molecule has 0 aromatic heterocycles. The number of unbranched alkanes of at least 4 members (excludes halogenated alkanes) is 2. The normalized spacial score (nSPS) is 21.8. The quantitative estimate of drug-likeness (QED) is 0.0643. The van der Waals surface area contributed by atoms with E-state index < -0.39 is 29.5 Å². The highest BCUT2D eigenvalue weighted by Gasteiger charge is 2.39. The van der Waals surface area contributed by atoms with Crippen molar-refractivity contribution in [2.75, 3.05) is 6.54 Å². The van der Waals surface area contributed by atoms with E-state index in [1.165, 1.54) is 0 Å². The minimum Gasteiger partial charge on any atom is -0.458 e. The topological polar surface area (TPSA) is 148 Å². The molecule has 0 aliphatic heterocycles. The highest BCUT2D eigenvalue weighted by atomic mass is 17.0. The first kappa shape index (κ1) is 35.0. The highest BCUT2D eigenvalue weighted by Crippen LogP contribution is 2.36. The zero-order chi connectivity index (χ0) is 30.7. The molecule has 1 aliphatic carbocycles. The molecule has 1 aliphatic rings. The van der Waals surface area contributed by atoms with Crippen molar-refractivity contribution >= 4 is 11.9 Å². The van der Waals surface area contributed by atoms with E-state index in [4.69, 9.17) is 4.74 Å². The molecule has 0 heterocycles. The van der Waals surface area contributed by atoms with E-state index in [1.54, 1.807) is 6.92 Å². The zero-order valence-corrected chi connectivity index (χ0v) is 24.9. The number of benzene rings is 1. The molecule has 0 spiro atoms. The Morgan fingerprint density at radius 2 is 1.86 bits per heavy atom. The number of nitrogens with zero attached hydrogens (tertiary/aromatic N) is 1. The number of nitrogens with one attached hydrogen (secondary N) is 1. The van der Waals surface area contributed by atoms with Gasteiger partial charge in [-0.25, -0.2) is 0 Å². The number of allylic oxidation sites excluding steroid dienone is 2. The molecule has 1 aromatic rings. The lowest BCUT2D eigenvalue weighted by Crippen LogP contribution is -2.22. The summed E-state index contributed by atoms with van der Waals surface area (Å²) in [4.78, 5) is 39.2. The Kier molecular flexibility index (Phi) is 16.5. The summed E-state index contributed by atoms with van der Waals surface area (Å²) >= 11 is 0. The average Bonchev–Trinajstić information content (AvgIpc) is 3.21. The van der Waals surface area contributed by atoms with E-state index in [-0.39, 0.29) is 36.6 Å². The SMILES string of the molecule is CCNC(=O)CCC/C=C\C[C@@H]1[C@@H](/C=C/[C@H](CCc2ccccc2)OC(=O)CCCC[C@H](C)O[N+](=O)[O-])[C@H](O)C[C@@H]1O. The lowest BCUT2D eigenvalue weighted by Gasteiger charge is -2.21. The molecule has 0 saturated heterocycles. The molecular formula is C32H48N2O8. The van der Waals surface area contributed by atoms with Gasteiger partial charge in [-0.2, -0.15) is 0 Å². The third-order valence-corrected chi connectivity index (χ3v) is 7.54. The number of esters is 1. The van der Waals surface area contributed by atoms with Crippen molar-refractivity contribution in [1.29, 1.82) is 0 Å². The van der Waals surface area contributed by atoms with E-state index >= 15 is 0 Å². The number of carbonyl (C=O) groups excluding carboxylic acids is 2. The van der Waals surface area contributed by atoms with Crippen LogP contribution in [0.4, 0.5) is 0 Å². The Morgan fingerprint density at radius 1 is 1.10 bits per heavy atom. The number of amides is 1. The van der Waals surface area contributed by atoms with Gasteiger partial charge < -0.3 is 25.1 Å². The van der Waals surface area contributed by atoms with Crippen LogP contribution in [0.25, 0.3) is 0 Å². The molecule has 10 heteroatoms. The fourth-order valence-corrected chi connectivity index (χ4v) is 5.27. The van der Waals surface area contributed by atoms with Crippen LogP contribution in [0.3, 0.4) is 0 Å². The van der Waals surface area contributed by atoms with Gasteiger partial charge in [0.1, 0.15) is 12.2 Å². The molecule has 6 atom stereocenters. The van der Waals surface area contributed by atoms with Gasteiger partial charge >= 0.3 is 5.97 Å². The molecule has 1 aromatic carbocycles. The summed E-state index contributed by atoms with van der Waals surface area (Å²) in [5, 5.41) is 33.7. The molecule has 2 rings (SSSR count). The number of aliphatic hydroxyl groups is 2. The maximum atomic E-state index is 12.7. The lowest BCUT2D eigenvalue weighted by molar-refractivity contribution is -0.767. The summed E-state index contributed by atoms with van der Waals surface area (Å²) in [6.07, 6.45) is 11.4. The number of ether oxygens (including phenoxy) is 1. The van der Waals surface area contributed by atoms with Crippen LogP contribution >= 0.6 is 0 Å². The molecular weight excluding hydrogens is 540 g/mol. The fraction of sp³-hybridized carbons (Fsp3) is 0.625. The summed E-state index contributed by atoms with van der Waals surface area (Å²) in [7, 11) is 0. The Bertz CT molecular complexity index is 999. The van der Waals surface area contributed by atoms with Gasteiger partial charge in [0.2, 0.25) is 5.91 Å². The van der Waals surface area contributed by atoms with Crippen LogP contribution in [0.2, 0.25) is 0 Å². The largest absolute Gasteiger partial charge is 0.458 e. The van der Waals surface area contributed by atoms with Gasteiger partial charge in [-0.1, -0.05) is 55.0 Å². The summed E-state index contributed by atoms with van der Waals surface area (Å²) in [5.41, 5.74) is 1.12. The van der Waals surface area contributed by atoms with Crippen molar-refractivity contribution < 1.29 is 34.5 Å². The molecule has 0 unspecified atom stereocenters. The number of hydrogen-bond donors (Lipinski definition) is 3. The first-order valence-corrected chi connectivity index (χ1v) is 15.2. The monoisotopic (exact) mass is 588 g/mol. The third kappa shape index (κ3) is 14.1. The Balaban J connectivity index is 1.95. The maximum absolute atomic E-state index is 12.7. The molecule has 0 radical (unpaired) electrons. The van der Waals surface area contributed by atoms with Gasteiger partial charge in [0, 0.05) is 31.7 Å².